The van der Waals surface area contributed by atoms with Crippen LogP contribution in [0.15, 0.2) is 41.1 Å². The third kappa shape index (κ3) is 6.27. The van der Waals surface area contributed by atoms with Crippen LogP contribution in [0.2, 0.25) is 5.82 Å². The van der Waals surface area contributed by atoms with E-state index < -0.39 is 6.17 Å². The van der Waals surface area contributed by atoms with E-state index in [9.17, 15) is 4.79 Å². The minimum atomic E-state index is -0.425. The average molecular weight is 434 g/mol. The molecule has 1 fully saturated rings. The number of carbonyl (C=O) groups excluding carboxylic acids is 1. The number of rotatable bonds is 12. The highest BCUT2D eigenvalue weighted by Crippen LogP contribution is 2.31. The lowest BCUT2D eigenvalue weighted by Gasteiger charge is -2.31. The zero-order valence-electron chi connectivity index (χ0n) is 20.0. The van der Waals surface area contributed by atoms with Gasteiger partial charge < -0.3 is 20.8 Å². The molecule has 1 aromatic carbocycles. The van der Waals surface area contributed by atoms with E-state index in [0.29, 0.717) is 35.8 Å². The number of amides is 1. The van der Waals surface area contributed by atoms with Gasteiger partial charge in [0.1, 0.15) is 11.9 Å². The van der Waals surface area contributed by atoms with E-state index >= 15 is 0 Å². The van der Waals surface area contributed by atoms with Crippen LogP contribution in [-0.2, 0) is 4.79 Å². The maximum atomic E-state index is 12.7. The molecule has 1 radical (unpaired) electrons. The van der Waals surface area contributed by atoms with Gasteiger partial charge in [-0.2, -0.15) is 0 Å². The van der Waals surface area contributed by atoms with Gasteiger partial charge in [0, 0.05) is 11.1 Å². The minimum absolute atomic E-state index is 0.138. The molecule has 2 atom stereocenters. The zero-order chi connectivity index (χ0) is 23.1. The van der Waals surface area contributed by atoms with Gasteiger partial charge in [0.05, 0.1) is 18.0 Å². The molecule has 1 aromatic rings. The molecule has 3 N–H and O–H groups in total. The van der Waals surface area contributed by atoms with Crippen molar-refractivity contribution in [3.63, 3.8) is 0 Å². The number of nitrogens with one attached hydrogen (secondary N) is 3. The van der Waals surface area contributed by atoms with E-state index in [1.807, 2.05) is 19.9 Å². The molecule has 3 rings (SSSR count). The smallest absolute Gasteiger partial charge is 0.250 e. The van der Waals surface area contributed by atoms with Crippen molar-refractivity contribution in [2.75, 3.05) is 6.61 Å². The lowest BCUT2D eigenvalue weighted by Crippen LogP contribution is -2.46. The SMILES string of the molecule is CCCC(=N)C1=C(C)C(=O)NC(c2cc([B]C(CC=C3CC3)CCC)ccc2OCC)N1. The summed E-state index contributed by atoms with van der Waals surface area (Å²) in [6, 6.07) is 6.23. The number of benzene rings is 1. The molecule has 1 amide bonds. The van der Waals surface area contributed by atoms with Crippen LogP contribution >= 0.6 is 0 Å². The van der Waals surface area contributed by atoms with Crippen LogP contribution in [0.4, 0.5) is 0 Å². The fourth-order valence-corrected chi connectivity index (χ4v) is 4.18. The van der Waals surface area contributed by atoms with Crippen molar-refractivity contribution in [2.24, 2.45) is 0 Å². The van der Waals surface area contributed by atoms with Gasteiger partial charge in [-0.3, -0.25) is 4.79 Å². The monoisotopic (exact) mass is 434 g/mol. The molecule has 1 aliphatic heterocycles. The Kier molecular flexibility index (Phi) is 8.60. The summed E-state index contributed by atoms with van der Waals surface area (Å²) < 4.78 is 5.91. The molecule has 1 aliphatic carbocycles. The predicted octanol–water partition coefficient (Wildman–Crippen LogP) is 4.93. The Morgan fingerprint density at radius 3 is 2.69 bits per heavy atom. The molecular weight excluding hydrogens is 397 g/mol. The fourth-order valence-electron chi connectivity index (χ4n) is 4.18. The van der Waals surface area contributed by atoms with Crippen molar-refractivity contribution in [3.05, 3.63) is 46.7 Å². The summed E-state index contributed by atoms with van der Waals surface area (Å²) in [5.41, 5.74) is 5.31. The summed E-state index contributed by atoms with van der Waals surface area (Å²) in [7, 11) is 2.36. The lowest BCUT2D eigenvalue weighted by atomic mass is 9.56. The maximum absolute atomic E-state index is 12.7. The lowest BCUT2D eigenvalue weighted by molar-refractivity contribution is -0.118. The highest BCUT2D eigenvalue weighted by atomic mass is 16.5. The number of carbonyl (C=O) groups is 1. The maximum Gasteiger partial charge on any atom is 0.250 e. The first-order valence-electron chi connectivity index (χ1n) is 12.1. The average Bonchev–Trinajstić information content (AvgIpc) is 3.60. The molecule has 0 saturated heterocycles. The zero-order valence-corrected chi connectivity index (χ0v) is 20.0. The molecular formula is C26H37BN3O2. The largest absolute Gasteiger partial charge is 0.493 e. The van der Waals surface area contributed by atoms with Gasteiger partial charge in [-0.25, -0.2) is 0 Å². The van der Waals surface area contributed by atoms with Crippen LogP contribution in [0.3, 0.4) is 0 Å². The van der Waals surface area contributed by atoms with Crippen molar-refractivity contribution < 1.29 is 9.53 Å². The molecule has 171 valence electrons. The van der Waals surface area contributed by atoms with Crippen molar-refractivity contribution in [1.29, 1.82) is 5.41 Å². The van der Waals surface area contributed by atoms with E-state index in [2.05, 4.69) is 43.0 Å². The highest BCUT2D eigenvalue weighted by Gasteiger charge is 2.28. The molecule has 2 unspecified atom stereocenters. The fraction of sp³-hybridized carbons (Fsp3) is 0.538. The van der Waals surface area contributed by atoms with Crippen LogP contribution in [-0.4, -0.2) is 25.5 Å². The normalized spacial score (nSPS) is 18.6. The van der Waals surface area contributed by atoms with Gasteiger partial charge in [0.15, 0.2) is 7.28 Å². The number of hydrogen-bond donors (Lipinski definition) is 3. The second kappa shape index (κ2) is 11.4. The standard InChI is InChI=1S/C26H37BN3O2/c1-5-8-19(13-12-18-10-11-18)27-20-14-15-23(32-7-3)21(16-20)25-29-24(22(28)9-6-2)17(4)26(31)30-25/h12,14-16,19,25,28-29H,5-11,13H2,1-4H3,(H,30,31). The summed E-state index contributed by atoms with van der Waals surface area (Å²) in [5, 5.41) is 14.9. The Morgan fingerprint density at radius 1 is 1.25 bits per heavy atom. The van der Waals surface area contributed by atoms with Crippen molar-refractivity contribution in [2.45, 2.75) is 84.6 Å². The molecule has 0 spiro atoms. The van der Waals surface area contributed by atoms with Crippen molar-refractivity contribution in [1.82, 2.24) is 10.6 Å². The van der Waals surface area contributed by atoms with E-state index in [0.717, 1.165) is 42.5 Å². The topological polar surface area (TPSA) is 74.2 Å². The third-order valence-corrected chi connectivity index (χ3v) is 6.06. The predicted molar refractivity (Wildman–Crippen MR) is 133 cm³/mol. The van der Waals surface area contributed by atoms with Crippen molar-refractivity contribution in [3.8, 4) is 5.75 Å². The molecule has 2 aliphatic rings. The molecule has 0 aromatic heterocycles. The van der Waals surface area contributed by atoms with Gasteiger partial charge in [-0.15, -0.1) is 0 Å². The summed E-state index contributed by atoms with van der Waals surface area (Å²) >= 11 is 0. The van der Waals surface area contributed by atoms with Crippen LogP contribution in [0.1, 0.15) is 84.4 Å². The van der Waals surface area contributed by atoms with Gasteiger partial charge in [0.25, 0.3) is 5.91 Å². The quantitative estimate of drug-likeness (QED) is 0.248. The Morgan fingerprint density at radius 2 is 2.03 bits per heavy atom. The van der Waals surface area contributed by atoms with E-state index in [4.69, 9.17) is 10.1 Å². The Hall–Kier alpha value is -2.50. The summed E-state index contributed by atoms with van der Waals surface area (Å²) in [6.07, 6.45) is 9.42. The molecule has 6 heteroatoms. The van der Waals surface area contributed by atoms with Crippen LogP contribution in [0.5, 0.6) is 5.75 Å². The van der Waals surface area contributed by atoms with E-state index in [-0.39, 0.29) is 5.91 Å². The molecule has 5 nitrogen and oxygen atoms in total. The van der Waals surface area contributed by atoms with E-state index in [1.165, 1.54) is 12.8 Å². The Balaban J connectivity index is 1.86. The van der Waals surface area contributed by atoms with Crippen LogP contribution in [0.25, 0.3) is 0 Å². The number of hydrogen-bond acceptors (Lipinski definition) is 4. The number of allylic oxidation sites excluding steroid dienone is 3. The summed E-state index contributed by atoms with van der Waals surface area (Å²) in [4.78, 5) is 12.7. The van der Waals surface area contributed by atoms with Gasteiger partial charge in [0.2, 0.25) is 0 Å². The van der Waals surface area contributed by atoms with Gasteiger partial charge in [-0.05, 0) is 45.6 Å². The van der Waals surface area contributed by atoms with Crippen LogP contribution in [0, 0.1) is 5.41 Å². The first-order valence-corrected chi connectivity index (χ1v) is 12.1. The summed E-state index contributed by atoms with van der Waals surface area (Å²) in [6.45, 7) is 8.57. The Bertz CT molecular complexity index is 900. The number of ether oxygens (including phenoxy) is 1. The molecule has 0 bridgehead atoms. The first kappa shape index (κ1) is 24.2. The molecule has 1 saturated carbocycles. The minimum Gasteiger partial charge on any atom is -0.493 e. The molecule has 32 heavy (non-hydrogen) atoms. The summed E-state index contributed by atoms with van der Waals surface area (Å²) in [5.74, 6) is 1.13. The first-order chi connectivity index (χ1) is 15.5. The second-order valence-electron chi connectivity index (χ2n) is 8.82. The van der Waals surface area contributed by atoms with Gasteiger partial charge in [-0.1, -0.05) is 68.2 Å². The second-order valence-corrected chi connectivity index (χ2v) is 8.82. The highest BCUT2D eigenvalue weighted by molar-refractivity contribution is 6.55. The van der Waals surface area contributed by atoms with Crippen molar-refractivity contribution >= 4 is 24.4 Å². The van der Waals surface area contributed by atoms with E-state index in [1.54, 1.807) is 12.5 Å². The van der Waals surface area contributed by atoms with Crippen LogP contribution < -0.4 is 20.8 Å². The molecule has 1 heterocycles. The third-order valence-electron chi connectivity index (χ3n) is 6.06. The van der Waals surface area contributed by atoms with Gasteiger partial charge >= 0.3 is 0 Å². The Labute approximate surface area is 193 Å².